The largest absolute Gasteiger partial charge is 0.496 e. The molecule has 114 valence electrons. The van der Waals surface area contributed by atoms with E-state index in [1.54, 1.807) is 7.11 Å². The van der Waals surface area contributed by atoms with Gasteiger partial charge in [-0.25, -0.2) is 0 Å². The van der Waals surface area contributed by atoms with Crippen molar-refractivity contribution >= 4 is 5.91 Å². The first-order valence-electron chi connectivity index (χ1n) is 7.92. The normalized spacial score (nSPS) is 22.7. The Morgan fingerprint density at radius 2 is 2.19 bits per heavy atom. The van der Waals surface area contributed by atoms with Crippen LogP contribution in [0.15, 0.2) is 24.3 Å². The summed E-state index contributed by atoms with van der Waals surface area (Å²) in [5.74, 6) is 1.79. The van der Waals surface area contributed by atoms with E-state index in [4.69, 9.17) is 4.74 Å². The molecule has 1 heterocycles. The summed E-state index contributed by atoms with van der Waals surface area (Å²) in [6.07, 6.45) is 4.44. The summed E-state index contributed by atoms with van der Waals surface area (Å²) in [6, 6.07) is 8.11. The van der Waals surface area contributed by atoms with Crippen LogP contribution in [0.1, 0.15) is 37.3 Å². The first-order valence-corrected chi connectivity index (χ1v) is 7.92. The molecule has 1 N–H and O–H groups in total. The fourth-order valence-corrected chi connectivity index (χ4v) is 3.28. The highest BCUT2D eigenvalue weighted by atomic mass is 16.5. The summed E-state index contributed by atoms with van der Waals surface area (Å²) < 4.78 is 5.47. The van der Waals surface area contributed by atoms with E-state index in [9.17, 15) is 4.79 Å². The number of rotatable bonds is 4. The van der Waals surface area contributed by atoms with Gasteiger partial charge in [-0.2, -0.15) is 0 Å². The Morgan fingerprint density at radius 1 is 1.38 bits per heavy atom. The van der Waals surface area contributed by atoms with Crippen LogP contribution in [0, 0.1) is 5.92 Å². The molecule has 0 spiro atoms. The second-order valence-electron chi connectivity index (χ2n) is 6.05. The lowest BCUT2D eigenvalue weighted by atomic mass is 9.82. The Morgan fingerprint density at radius 3 is 2.90 bits per heavy atom. The quantitative estimate of drug-likeness (QED) is 0.925. The molecular weight excluding hydrogens is 264 g/mol. The molecule has 1 unspecified atom stereocenters. The molecule has 0 radical (unpaired) electrons. The maximum absolute atomic E-state index is 12.6. The fraction of sp³-hybridized carbons (Fsp3) is 0.588. The second-order valence-corrected chi connectivity index (χ2v) is 6.05. The summed E-state index contributed by atoms with van der Waals surface area (Å²) >= 11 is 0. The highest BCUT2D eigenvalue weighted by Gasteiger charge is 2.31. The maximum atomic E-state index is 12.6. The SMILES string of the molecule is COc1ccccc1C1CNCCN1C(=O)CC1CCC1. The number of nitrogens with one attached hydrogen (secondary N) is 1. The van der Waals surface area contributed by atoms with E-state index in [-0.39, 0.29) is 6.04 Å². The van der Waals surface area contributed by atoms with E-state index in [0.717, 1.165) is 30.9 Å². The van der Waals surface area contributed by atoms with Crippen molar-refractivity contribution in [2.75, 3.05) is 26.7 Å². The van der Waals surface area contributed by atoms with Gasteiger partial charge in [0.2, 0.25) is 5.91 Å². The van der Waals surface area contributed by atoms with E-state index in [1.807, 2.05) is 23.1 Å². The molecule has 1 amide bonds. The Balaban J connectivity index is 1.78. The van der Waals surface area contributed by atoms with Crippen molar-refractivity contribution in [3.8, 4) is 5.75 Å². The molecule has 0 aromatic heterocycles. The standard InChI is InChI=1S/C17H24N2O2/c1-21-16-8-3-2-7-14(16)15-12-18-9-10-19(15)17(20)11-13-5-4-6-13/h2-3,7-8,13,15,18H,4-6,9-12H2,1H3. The fourth-order valence-electron chi connectivity index (χ4n) is 3.28. The molecule has 4 nitrogen and oxygen atoms in total. The topological polar surface area (TPSA) is 41.6 Å². The third-order valence-corrected chi connectivity index (χ3v) is 4.75. The molecule has 1 aromatic rings. The van der Waals surface area contributed by atoms with Gasteiger partial charge < -0.3 is 15.0 Å². The summed E-state index contributed by atoms with van der Waals surface area (Å²) in [5.41, 5.74) is 1.11. The van der Waals surface area contributed by atoms with Crippen LogP contribution in [0.5, 0.6) is 5.75 Å². The van der Waals surface area contributed by atoms with Crippen molar-refractivity contribution < 1.29 is 9.53 Å². The highest BCUT2D eigenvalue weighted by Crippen LogP contribution is 2.34. The number of carbonyl (C=O) groups is 1. The first kappa shape index (κ1) is 14.4. The van der Waals surface area contributed by atoms with Gasteiger partial charge in [-0.05, 0) is 24.8 Å². The maximum Gasteiger partial charge on any atom is 0.223 e. The summed E-state index contributed by atoms with van der Waals surface area (Å²) in [7, 11) is 1.69. The van der Waals surface area contributed by atoms with E-state index < -0.39 is 0 Å². The number of benzene rings is 1. The average molecular weight is 288 g/mol. The molecule has 21 heavy (non-hydrogen) atoms. The Kier molecular flexibility index (Phi) is 4.44. The van der Waals surface area contributed by atoms with E-state index >= 15 is 0 Å². The van der Waals surface area contributed by atoms with Crippen molar-refractivity contribution in [3.63, 3.8) is 0 Å². The minimum absolute atomic E-state index is 0.0856. The minimum Gasteiger partial charge on any atom is -0.496 e. The van der Waals surface area contributed by atoms with Crippen LogP contribution >= 0.6 is 0 Å². The zero-order valence-corrected chi connectivity index (χ0v) is 12.7. The minimum atomic E-state index is 0.0856. The molecule has 1 atom stereocenters. The van der Waals surface area contributed by atoms with E-state index in [0.29, 0.717) is 18.2 Å². The van der Waals surface area contributed by atoms with Gasteiger partial charge in [0.1, 0.15) is 5.75 Å². The van der Waals surface area contributed by atoms with Crippen LogP contribution < -0.4 is 10.1 Å². The number of para-hydroxylation sites is 1. The molecule has 1 aliphatic carbocycles. The molecule has 4 heteroatoms. The molecule has 3 rings (SSSR count). The lowest BCUT2D eigenvalue weighted by molar-refractivity contribution is -0.136. The summed E-state index contributed by atoms with van der Waals surface area (Å²) in [6.45, 7) is 2.47. The van der Waals surface area contributed by atoms with Gasteiger partial charge in [0, 0.05) is 31.6 Å². The van der Waals surface area contributed by atoms with Gasteiger partial charge >= 0.3 is 0 Å². The van der Waals surface area contributed by atoms with E-state index in [1.165, 1.54) is 19.3 Å². The second kappa shape index (κ2) is 6.48. The number of piperazine rings is 1. The lowest BCUT2D eigenvalue weighted by Crippen LogP contribution is -2.49. The van der Waals surface area contributed by atoms with Crippen molar-refractivity contribution in [3.05, 3.63) is 29.8 Å². The molecule has 1 saturated carbocycles. The summed E-state index contributed by atoms with van der Waals surface area (Å²) in [4.78, 5) is 14.7. The average Bonchev–Trinajstić information content (AvgIpc) is 2.50. The third kappa shape index (κ3) is 3.05. The number of carbonyl (C=O) groups excluding carboxylic acids is 1. The Bertz CT molecular complexity index is 499. The monoisotopic (exact) mass is 288 g/mol. The van der Waals surface area contributed by atoms with Gasteiger partial charge in [-0.1, -0.05) is 24.6 Å². The van der Waals surface area contributed by atoms with Crippen LogP contribution in [0.3, 0.4) is 0 Å². The number of ether oxygens (including phenoxy) is 1. The lowest BCUT2D eigenvalue weighted by Gasteiger charge is -2.38. The van der Waals surface area contributed by atoms with Crippen molar-refractivity contribution in [2.45, 2.75) is 31.7 Å². The van der Waals surface area contributed by atoms with Crippen LogP contribution in [-0.2, 0) is 4.79 Å². The van der Waals surface area contributed by atoms with Gasteiger partial charge in [0.25, 0.3) is 0 Å². The smallest absolute Gasteiger partial charge is 0.223 e. The van der Waals surface area contributed by atoms with Crippen LogP contribution in [-0.4, -0.2) is 37.6 Å². The molecule has 2 fully saturated rings. The number of hydrogen-bond donors (Lipinski definition) is 1. The number of nitrogens with zero attached hydrogens (tertiary/aromatic N) is 1. The van der Waals surface area contributed by atoms with Gasteiger partial charge in [0.15, 0.2) is 0 Å². The number of hydrogen-bond acceptors (Lipinski definition) is 3. The zero-order valence-electron chi connectivity index (χ0n) is 12.7. The van der Waals surface area contributed by atoms with Crippen molar-refractivity contribution in [1.29, 1.82) is 0 Å². The molecule has 1 saturated heterocycles. The summed E-state index contributed by atoms with van der Waals surface area (Å²) in [5, 5.41) is 3.40. The van der Waals surface area contributed by atoms with Crippen LogP contribution in [0.2, 0.25) is 0 Å². The Labute approximate surface area is 126 Å². The molecule has 0 bridgehead atoms. The molecule has 1 aromatic carbocycles. The van der Waals surface area contributed by atoms with Gasteiger partial charge in [-0.15, -0.1) is 0 Å². The molecule has 2 aliphatic rings. The van der Waals surface area contributed by atoms with E-state index in [2.05, 4.69) is 11.4 Å². The van der Waals surface area contributed by atoms with Crippen molar-refractivity contribution in [2.24, 2.45) is 5.92 Å². The first-order chi connectivity index (χ1) is 10.3. The predicted octanol–water partition coefficient (Wildman–Crippen LogP) is 2.36. The molecular formula is C17H24N2O2. The van der Waals surface area contributed by atoms with Gasteiger partial charge in [-0.3, -0.25) is 4.79 Å². The third-order valence-electron chi connectivity index (χ3n) is 4.75. The van der Waals surface area contributed by atoms with Gasteiger partial charge in [0.05, 0.1) is 13.2 Å². The van der Waals surface area contributed by atoms with Crippen molar-refractivity contribution in [1.82, 2.24) is 10.2 Å². The van der Waals surface area contributed by atoms with Crippen LogP contribution in [0.25, 0.3) is 0 Å². The molecule has 1 aliphatic heterocycles. The van der Waals surface area contributed by atoms with Crippen LogP contribution in [0.4, 0.5) is 0 Å². The Hall–Kier alpha value is -1.55. The predicted molar refractivity (Wildman–Crippen MR) is 82.3 cm³/mol. The number of methoxy groups -OCH3 is 1. The number of amides is 1. The zero-order chi connectivity index (χ0) is 14.7. The highest BCUT2D eigenvalue weighted by molar-refractivity contribution is 5.77.